The van der Waals surface area contributed by atoms with Crippen LogP contribution in [0.25, 0.3) is 0 Å². The van der Waals surface area contributed by atoms with Crippen LogP contribution in [0.5, 0.6) is 0 Å². The van der Waals surface area contributed by atoms with Gasteiger partial charge < -0.3 is 11.5 Å². The van der Waals surface area contributed by atoms with Crippen molar-refractivity contribution in [1.29, 1.82) is 0 Å². The second-order valence-corrected chi connectivity index (χ2v) is 1.92. The molecule has 0 rings (SSSR count). The smallest absolute Gasteiger partial charge is 0.0284 e. The van der Waals surface area contributed by atoms with Crippen LogP contribution >= 0.6 is 11.6 Å². The van der Waals surface area contributed by atoms with Crippen molar-refractivity contribution in [1.82, 2.24) is 0 Å². The molecular formula is C5H11ClN2. The molecule has 0 radical (unpaired) electrons. The van der Waals surface area contributed by atoms with Gasteiger partial charge in [-0.05, 0) is 13.0 Å². The zero-order chi connectivity index (χ0) is 6.41. The quantitative estimate of drug-likeness (QED) is 0.588. The van der Waals surface area contributed by atoms with Gasteiger partial charge in [-0.2, -0.15) is 0 Å². The monoisotopic (exact) mass is 134 g/mol. The Balaban J connectivity index is 3.26. The van der Waals surface area contributed by atoms with E-state index in [9.17, 15) is 0 Å². The van der Waals surface area contributed by atoms with E-state index in [1.54, 1.807) is 0 Å². The van der Waals surface area contributed by atoms with Crippen LogP contribution in [0.2, 0.25) is 0 Å². The SMILES string of the molecule is NCCC=C(Cl)CN. The minimum Gasteiger partial charge on any atom is -0.330 e. The first-order valence-corrected chi connectivity index (χ1v) is 2.93. The fourth-order valence-electron chi connectivity index (χ4n) is 0.323. The van der Waals surface area contributed by atoms with Crippen molar-refractivity contribution in [2.45, 2.75) is 6.42 Å². The summed E-state index contributed by atoms with van der Waals surface area (Å²) in [5, 5.41) is 0.690. The van der Waals surface area contributed by atoms with Crippen LogP contribution in [0.1, 0.15) is 6.42 Å². The van der Waals surface area contributed by atoms with Gasteiger partial charge in [0.25, 0.3) is 0 Å². The van der Waals surface area contributed by atoms with E-state index in [4.69, 9.17) is 23.1 Å². The van der Waals surface area contributed by atoms with E-state index in [0.29, 0.717) is 18.1 Å². The second-order valence-electron chi connectivity index (χ2n) is 1.43. The van der Waals surface area contributed by atoms with Crippen LogP contribution < -0.4 is 11.5 Å². The van der Waals surface area contributed by atoms with Crippen LogP contribution in [-0.2, 0) is 0 Å². The Labute approximate surface area is 54.5 Å². The molecule has 0 aromatic rings. The molecule has 0 saturated heterocycles. The molecule has 0 aliphatic rings. The van der Waals surface area contributed by atoms with E-state index >= 15 is 0 Å². The number of hydrogen-bond acceptors (Lipinski definition) is 2. The van der Waals surface area contributed by atoms with Gasteiger partial charge in [-0.15, -0.1) is 0 Å². The van der Waals surface area contributed by atoms with Crippen LogP contribution in [0.4, 0.5) is 0 Å². The first-order valence-electron chi connectivity index (χ1n) is 2.56. The van der Waals surface area contributed by atoms with E-state index < -0.39 is 0 Å². The fraction of sp³-hybridized carbons (Fsp3) is 0.600. The third-order valence-electron chi connectivity index (χ3n) is 0.727. The summed E-state index contributed by atoms with van der Waals surface area (Å²) >= 11 is 5.52. The Hall–Kier alpha value is -0.0500. The maximum absolute atomic E-state index is 5.52. The van der Waals surface area contributed by atoms with Crippen molar-refractivity contribution in [2.75, 3.05) is 13.1 Å². The highest BCUT2D eigenvalue weighted by molar-refractivity contribution is 6.29. The Morgan fingerprint density at radius 2 is 2.12 bits per heavy atom. The first-order chi connectivity index (χ1) is 3.81. The van der Waals surface area contributed by atoms with Gasteiger partial charge in [0.2, 0.25) is 0 Å². The molecule has 0 spiro atoms. The van der Waals surface area contributed by atoms with Crippen LogP contribution in [0, 0.1) is 0 Å². The molecule has 0 aromatic heterocycles. The summed E-state index contributed by atoms with van der Waals surface area (Å²) in [5.74, 6) is 0. The molecule has 2 nitrogen and oxygen atoms in total. The molecule has 0 aromatic carbocycles. The molecule has 0 atom stereocenters. The second kappa shape index (κ2) is 5.09. The molecule has 0 aliphatic carbocycles. The Bertz CT molecular complexity index is 80.5. The van der Waals surface area contributed by atoms with E-state index in [0.717, 1.165) is 6.42 Å². The summed E-state index contributed by atoms with van der Waals surface area (Å²) < 4.78 is 0. The van der Waals surface area contributed by atoms with Crippen molar-refractivity contribution in [3.8, 4) is 0 Å². The normalized spacial score (nSPS) is 12.1. The molecule has 0 heterocycles. The maximum Gasteiger partial charge on any atom is 0.0284 e. The zero-order valence-electron chi connectivity index (χ0n) is 4.73. The van der Waals surface area contributed by atoms with Crippen molar-refractivity contribution in [3.05, 3.63) is 11.1 Å². The lowest BCUT2D eigenvalue weighted by atomic mass is 10.4. The van der Waals surface area contributed by atoms with Crippen LogP contribution in [0.3, 0.4) is 0 Å². The van der Waals surface area contributed by atoms with Gasteiger partial charge in [0, 0.05) is 11.6 Å². The molecular weight excluding hydrogens is 124 g/mol. The van der Waals surface area contributed by atoms with Crippen LogP contribution in [0.15, 0.2) is 11.1 Å². The van der Waals surface area contributed by atoms with E-state index in [2.05, 4.69) is 0 Å². The molecule has 3 heteroatoms. The van der Waals surface area contributed by atoms with Gasteiger partial charge >= 0.3 is 0 Å². The first kappa shape index (κ1) is 7.95. The van der Waals surface area contributed by atoms with E-state index in [-0.39, 0.29) is 0 Å². The zero-order valence-corrected chi connectivity index (χ0v) is 5.49. The third kappa shape index (κ3) is 4.12. The Morgan fingerprint density at radius 1 is 1.50 bits per heavy atom. The van der Waals surface area contributed by atoms with Gasteiger partial charge in [0.1, 0.15) is 0 Å². The number of hydrogen-bond donors (Lipinski definition) is 2. The highest BCUT2D eigenvalue weighted by atomic mass is 35.5. The standard InChI is InChI=1S/C5H11ClN2/c6-5(4-8)2-1-3-7/h2H,1,3-4,7-8H2. The maximum atomic E-state index is 5.52. The lowest BCUT2D eigenvalue weighted by Crippen LogP contribution is -2.00. The summed E-state index contributed by atoms with van der Waals surface area (Å²) in [4.78, 5) is 0. The number of nitrogens with two attached hydrogens (primary N) is 2. The lowest BCUT2D eigenvalue weighted by molar-refractivity contribution is 0.998. The summed E-state index contributed by atoms with van der Waals surface area (Å²) in [6.07, 6.45) is 2.65. The van der Waals surface area contributed by atoms with E-state index in [1.165, 1.54) is 0 Å². The summed E-state index contributed by atoms with van der Waals surface area (Å²) in [5.41, 5.74) is 10.4. The predicted molar refractivity (Wildman–Crippen MR) is 36.7 cm³/mol. The molecule has 0 fully saturated rings. The molecule has 0 saturated carbocycles. The molecule has 8 heavy (non-hydrogen) atoms. The highest BCUT2D eigenvalue weighted by Crippen LogP contribution is 1.97. The number of rotatable bonds is 3. The molecule has 0 amide bonds. The van der Waals surface area contributed by atoms with Gasteiger partial charge in [-0.25, -0.2) is 0 Å². The Kier molecular flexibility index (Phi) is 5.06. The topological polar surface area (TPSA) is 52.0 Å². The summed E-state index contributed by atoms with van der Waals surface area (Å²) in [6, 6.07) is 0. The van der Waals surface area contributed by atoms with Crippen molar-refractivity contribution >= 4 is 11.6 Å². The van der Waals surface area contributed by atoms with Gasteiger partial charge in [0.05, 0.1) is 0 Å². The largest absolute Gasteiger partial charge is 0.330 e. The summed E-state index contributed by atoms with van der Waals surface area (Å²) in [7, 11) is 0. The molecule has 0 aliphatic heterocycles. The predicted octanol–water partition coefficient (Wildman–Crippen LogP) is 0.417. The Morgan fingerprint density at radius 3 is 2.50 bits per heavy atom. The minimum absolute atomic E-state index is 0.418. The minimum atomic E-state index is 0.418. The van der Waals surface area contributed by atoms with Gasteiger partial charge in [-0.3, -0.25) is 0 Å². The molecule has 4 N–H and O–H groups in total. The highest BCUT2D eigenvalue weighted by Gasteiger charge is 1.82. The number of halogens is 1. The van der Waals surface area contributed by atoms with Crippen molar-refractivity contribution in [3.63, 3.8) is 0 Å². The van der Waals surface area contributed by atoms with Crippen molar-refractivity contribution in [2.24, 2.45) is 11.5 Å². The third-order valence-corrected chi connectivity index (χ3v) is 1.04. The fourth-order valence-corrected chi connectivity index (χ4v) is 0.432. The summed E-state index contributed by atoms with van der Waals surface area (Å²) in [6.45, 7) is 1.05. The average Bonchev–Trinajstić information content (AvgIpc) is 1.83. The van der Waals surface area contributed by atoms with E-state index in [1.807, 2.05) is 6.08 Å². The van der Waals surface area contributed by atoms with Crippen LogP contribution in [-0.4, -0.2) is 13.1 Å². The van der Waals surface area contributed by atoms with Gasteiger partial charge in [0.15, 0.2) is 0 Å². The molecule has 48 valence electrons. The van der Waals surface area contributed by atoms with Gasteiger partial charge in [-0.1, -0.05) is 17.7 Å². The molecule has 0 bridgehead atoms. The lowest BCUT2D eigenvalue weighted by Gasteiger charge is -1.89. The average molecular weight is 135 g/mol. The van der Waals surface area contributed by atoms with Crippen molar-refractivity contribution < 1.29 is 0 Å². The molecule has 0 unspecified atom stereocenters.